The highest BCUT2D eigenvalue weighted by Crippen LogP contribution is 2.39. The SMILES string of the molecule is CB(O)N1CCN(C2c3ccc(Cl)cc3CCc3cc(Br)cnc32)[C@@H](C(=O)NCCCn2ccnc2C)C1. The van der Waals surface area contributed by atoms with Crippen molar-refractivity contribution in [3.8, 4) is 0 Å². The van der Waals surface area contributed by atoms with Crippen LogP contribution in [0.3, 0.4) is 0 Å². The number of rotatable bonds is 7. The number of carbonyl (C=O) groups is 1. The van der Waals surface area contributed by atoms with Gasteiger partial charge in [-0.25, -0.2) is 4.98 Å². The van der Waals surface area contributed by atoms with Gasteiger partial charge in [0.05, 0.1) is 11.7 Å². The van der Waals surface area contributed by atoms with E-state index in [-0.39, 0.29) is 11.9 Å². The molecule has 8 nitrogen and oxygen atoms in total. The summed E-state index contributed by atoms with van der Waals surface area (Å²) in [6.45, 7) is 6.82. The minimum Gasteiger partial charge on any atom is -0.437 e. The summed E-state index contributed by atoms with van der Waals surface area (Å²) in [6.07, 6.45) is 8.10. The Bertz CT molecular complexity index is 1250. The van der Waals surface area contributed by atoms with Gasteiger partial charge in [-0.3, -0.25) is 14.7 Å². The number of halogens is 2. The molecule has 1 saturated heterocycles. The number of benzene rings is 1. The van der Waals surface area contributed by atoms with Crippen molar-refractivity contribution in [2.75, 3.05) is 26.2 Å². The van der Waals surface area contributed by atoms with Gasteiger partial charge in [-0.05, 0) is 83.8 Å². The Morgan fingerprint density at radius 2 is 2.05 bits per heavy atom. The summed E-state index contributed by atoms with van der Waals surface area (Å²) >= 11 is 10.00. The number of pyridine rings is 1. The highest BCUT2D eigenvalue weighted by Gasteiger charge is 2.41. The van der Waals surface area contributed by atoms with Crippen LogP contribution >= 0.6 is 27.5 Å². The first kappa shape index (κ1) is 27.3. The van der Waals surface area contributed by atoms with Crippen LogP contribution in [0.4, 0.5) is 0 Å². The van der Waals surface area contributed by atoms with Gasteiger partial charge in [0.15, 0.2) is 0 Å². The van der Waals surface area contributed by atoms with Gasteiger partial charge >= 0.3 is 7.05 Å². The van der Waals surface area contributed by atoms with Crippen molar-refractivity contribution < 1.29 is 9.82 Å². The first-order chi connectivity index (χ1) is 18.3. The fraction of sp³-hybridized carbons (Fsp3) is 0.444. The maximum absolute atomic E-state index is 13.7. The van der Waals surface area contributed by atoms with E-state index in [2.05, 4.69) is 47.8 Å². The zero-order valence-electron chi connectivity index (χ0n) is 21.8. The van der Waals surface area contributed by atoms with E-state index in [1.165, 1.54) is 11.1 Å². The molecule has 2 N–H and O–H groups in total. The van der Waals surface area contributed by atoms with E-state index in [0.29, 0.717) is 31.2 Å². The Morgan fingerprint density at radius 1 is 1.24 bits per heavy atom. The quantitative estimate of drug-likeness (QED) is 0.320. The molecule has 2 aliphatic rings. The van der Waals surface area contributed by atoms with Crippen LogP contribution in [0.5, 0.6) is 0 Å². The minimum atomic E-state index is -0.627. The van der Waals surface area contributed by atoms with Crippen molar-refractivity contribution in [3.63, 3.8) is 0 Å². The maximum atomic E-state index is 13.7. The number of piperazine rings is 1. The van der Waals surface area contributed by atoms with Crippen LogP contribution in [0.1, 0.15) is 40.7 Å². The second-order valence-corrected chi connectivity index (χ2v) is 11.5. The molecule has 200 valence electrons. The molecule has 1 aliphatic carbocycles. The molecular weight excluding hydrogens is 567 g/mol. The maximum Gasteiger partial charge on any atom is 0.376 e. The smallest absolute Gasteiger partial charge is 0.376 e. The molecule has 1 aromatic carbocycles. The normalized spacial score (nSPS) is 19.9. The van der Waals surface area contributed by atoms with Crippen molar-refractivity contribution in [3.05, 3.63) is 80.6 Å². The standard InChI is InChI=1S/C27H33BBrClN6O2/c1-18-31-9-11-34(18)10-3-8-32-27(37)24-17-35(28(2)38)12-13-36(24)26-23-7-6-22(30)15-19(23)4-5-20-14-21(29)16-33-25(20)26/h6-7,9,11,14-16,24,26,38H,3-5,8,10,12-13,17H2,1-2H3,(H,32,37)/t24-,26?/m1/s1. The molecule has 1 amide bonds. The summed E-state index contributed by atoms with van der Waals surface area (Å²) in [5.41, 5.74) is 4.48. The first-order valence-electron chi connectivity index (χ1n) is 13.2. The van der Waals surface area contributed by atoms with E-state index in [1.807, 2.05) is 36.3 Å². The van der Waals surface area contributed by atoms with E-state index in [4.69, 9.17) is 16.6 Å². The number of hydrogen-bond donors (Lipinski definition) is 2. The molecule has 3 heterocycles. The first-order valence-corrected chi connectivity index (χ1v) is 14.3. The van der Waals surface area contributed by atoms with E-state index in [0.717, 1.165) is 47.4 Å². The molecule has 1 fully saturated rings. The highest BCUT2D eigenvalue weighted by molar-refractivity contribution is 9.10. The molecule has 38 heavy (non-hydrogen) atoms. The molecule has 0 bridgehead atoms. The molecular formula is C27H33BBrClN6O2. The molecule has 5 rings (SSSR count). The summed E-state index contributed by atoms with van der Waals surface area (Å²) in [4.78, 5) is 27.1. The van der Waals surface area contributed by atoms with Crippen molar-refractivity contribution in [1.82, 2.24) is 29.6 Å². The topological polar surface area (TPSA) is 86.5 Å². The molecule has 0 spiro atoms. The third-order valence-electron chi connectivity index (χ3n) is 7.70. The lowest BCUT2D eigenvalue weighted by Gasteiger charge is -2.45. The Kier molecular flexibility index (Phi) is 8.54. The number of nitrogens with zero attached hydrogens (tertiary/aromatic N) is 5. The summed E-state index contributed by atoms with van der Waals surface area (Å²) in [6, 6.07) is 7.57. The number of fused-ring (bicyclic) bond motifs is 2. The number of hydrogen-bond acceptors (Lipinski definition) is 6. The molecule has 2 aromatic heterocycles. The number of aryl methyl sites for hydroxylation is 4. The Hall–Kier alpha value is -2.24. The third kappa shape index (κ3) is 5.84. The molecule has 3 aromatic rings. The van der Waals surface area contributed by atoms with Crippen LogP contribution in [-0.2, 0) is 24.2 Å². The van der Waals surface area contributed by atoms with Crippen LogP contribution in [0, 0.1) is 6.92 Å². The van der Waals surface area contributed by atoms with Crippen molar-refractivity contribution >= 4 is 40.5 Å². The fourth-order valence-corrected chi connectivity index (χ4v) is 6.24. The van der Waals surface area contributed by atoms with E-state index >= 15 is 0 Å². The van der Waals surface area contributed by atoms with Crippen LogP contribution in [-0.4, -0.2) is 74.4 Å². The van der Waals surface area contributed by atoms with Crippen LogP contribution in [0.25, 0.3) is 0 Å². The Labute approximate surface area is 237 Å². The van der Waals surface area contributed by atoms with Crippen molar-refractivity contribution in [1.29, 1.82) is 0 Å². The average Bonchev–Trinajstić information content (AvgIpc) is 3.24. The Morgan fingerprint density at radius 3 is 2.82 bits per heavy atom. The zero-order chi connectivity index (χ0) is 26.8. The van der Waals surface area contributed by atoms with Gasteiger partial charge in [-0.1, -0.05) is 17.7 Å². The van der Waals surface area contributed by atoms with Crippen molar-refractivity contribution in [2.24, 2.45) is 0 Å². The van der Waals surface area contributed by atoms with Gasteiger partial charge in [-0.15, -0.1) is 0 Å². The van der Waals surface area contributed by atoms with Crippen molar-refractivity contribution in [2.45, 2.75) is 51.6 Å². The number of aromatic nitrogens is 3. The monoisotopic (exact) mass is 598 g/mol. The fourth-order valence-electron chi connectivity index (χ4n) is 5.67. The lowest BCUT2D eigenvalue weighted by Crippen LogP contribution is -2.62. The van der Waals surface area contributed by atoms with Crippen LogP contribution in [0.15, 0.2) is 47.3 Å². The second-order valence-electron chi connectivity index (χ2n) is 10.1. The summed E-state index contributed by atoms with van der Waals surface area (Å²) in [5, 5.41) is 14.3. The van der Waals surface area contributed by atoms with E-state index < -0.39 is 13.1 Å². The van der Waals surface area contributed by atoms with E-state index in [9.17, 15) is 9.82 Å². The average molecular weight is 600 g/mol. The lowest BCUT2D eigenvalue weighted by atomic mass is 9.82. The van der Waals surface area contributed by atoms with Gasteiger partial charge in [-0.2, -0.15) is 0 Å². The predicted molar refractivity (Wildman–Crippen MR) is 153 cm³/mol. The number of carbonyl (C=O) groups excluding carboxylic acids is 1. The Balaban J connectivity index is 1.44. The van der Waals surface area contributed by atoms with Crippen LogP contribution < -0.4 is 5.32 Å². The number of imidazole rings is 1. The van der Waals surface area contributed by atoms with Gasteiger partial charge in [0, 0.05) is 60.8 Å². The highest BCUT2D eigenvalue weighted by atomic mass is 79.9. The number of amides is 1. The van der Waals surface area contributed by atoms with Gasteiger partial charge in [0.1, 0.15) is 11.9 Å². The predicted octanol–water partition coefficient (Wildman–Crippen LogP) is 3.49. The summed E-state index contributed by atoms with van der Waals surface area (Å²) < 4.78 is 3.03. The third-order valence-corrected chi connectivity index (χ3v) is 8.37. The summed E-state index contributed by atoms with van der Waals surface area (Å²) in [7, 11) is -0.627. The molecule has 1 unspecified atom stereocenters. The van der Waals surface area contributed by atoms with Gasteiger partial charge in [0.25, 0.3) is 0 Å². The summed E-state index contributed by atoms with van der Waals surface area (Å²) in [5.74, 6) is 0.934. The molecule has 0 saturated carbocycles. The molecule has 1 aliphatic heterocycles. The van der Waals surface area contributed by atoms with E-state index in [1.54, 1.807) is 13.0 Å². The largest absolute Gasteiger partial charge is 0.437 e. The van der Waals surface area contributed by atoms with Gasteiger partial charge < -0.3 is 19.7 Å². The molecule has 11 heteroatoms. The lowest BCUT2D eigenvalue weighted by molar-refractivity contribution is -0.129. The second kappa shape index (κ2) is 11.9. The zero-order valence-corrected chi connectivity index (χ0v) is 24.1. The molecule has 2 atom stereocenters. The van der Waals surface area contributed by atoms with Crippen LogP contribution in [0.2, 0.25) is 11.8 Å². The minimum absolute atomic E-state index is 0.0314. The van der Waals surface area contributed by atoms with Gasteiger partial charge in [0.2, 0.25) is 5.91 Å². The molecule has 0 radical (unpaired) electrons. The number of nitrogens with one attached hydrogen (secondary N) is 1.